The van der Waals surface area contributed by atoms with Crippen molar-refractivity contribution in [2.24, 2.45) is 0 Å². The van der Waals surface area contributed by atoms with Crippen molar-refractivity contribution < 1.29 is 23.4 Å². The fraction of sp³-hybridized carbons (Fsp3) is 0.667. The number of fused-ring (bicyclic) bond motifs is 1. The van der Waals surface area contributed by atoms with Crippen molar-refractivity contribution in [3.05, 3.63) is 16.9 Å². The number of ether oxygens (including phenoxy) is 3. The summed E-state index contributed by atoms with van der Waals surface area (Å²) in [5, 5.41) is 0. The molecule has 1 fully saturated rings. The van der Waals surface area contributed by atoms with Crippen molar-refractivity contribution in [1.29, 1.82) is 0 Å². The molecule has 3 rings (SSSR count). The molecule has 1 aromatic heterocycles. The predicted octanol–water partition coefficient (Wildman–Crippen LogP) is 3.02. The molecular formula is C15H20O5. The van der Waals surface area contributed by atoms with Gasteiger partial charge in [0.05, 0.1) is 13.2 Å². The van der Waals surface area contributed by atoms with Crippen LogP contribution in [-0.2, 0) is 15.9 Å². The second-order valence-electron chi connectivity index (χ2n) is 5.63. The Hall–Kier alpha value is -1.33. The quantitative estimate of drug-likeness (QED) is 0.851. The zero-order chi connectivity index (χ0) is 14.3. The molecule has 0 aromatic carbocycles. The molecule has 0 unspecified atom stereocenters. The minimum Gasteiger partial charge on any atom is -0.465 e. The highest BCUT2D eigenvalue weighted by Gasteiger charge is 2.40. The van der Waals surface area contributed by atoms with Gasteiger partial charge in [-0.1, -0.05) is 0 Å². The van der Waals surface area contributed by atoms with Crippen molar-refractivity contribution >= 4 is 5.78 Å². The molecule has 5 heteroatoms. The van der Waals surface area contributed by atoms with Crippen LogP contribution in [0.3, 0.4) is 0 Å². The number of hydrogen-bond acceptors (Lipinski definition) is 5. The summed E-state index contributed by atoms with van der Waals surface area (Å²) in [7, 11) is 0. The molecule has 1 saturated heterocycles. The number of rotatable bonds is 3. The molecule has 1 aliphatic carbocycles. The predicted molar refractivity (Wildman–Crippen MR) is 71.0 cm³/mol. The van der Waals surface area contributed by atoms with E-state index in [0.29, 0.717) is 36.9 Å². The van der Waals surface area contributed by atoms with Crippen LogP contribution in [0.2, 0.25) is 0 Å². The van der Waals surface area contributed by atoms with Crippen LogP contribution in [0.25, 0.3) is 0 Å². The Morgan fingerprint density at radius 1 is 1.35 bits per heavy atom. The lowest BCUT2D eigenvalue weighted by molar-refractivity contribution is -0.141. The summed E-state index contributed by atoms with van der Waals surface area (Å²) in [4.78, 5) is 12.1. The Labute approximate surface area is 118 Å². The van der Waals surface area contributed by atoms with Crippen LogP contribution in [-0.4, -0.2) is 24.8 Å². The van der Waals surface area contributed by atoms with Crippen molar-refractivity contribution in [2.75, 3.05) is 13.2 Å². The molecule has 0 bridgehead atoms. The maximum Gasteiger partial charge on any atom is 0.296 e. The van der Waals surface area contributed by atoms with Gasteiger partial charge >= 0.3 is 0 Å². The molecule has 1 atom stereocenters. The van der Waals surface area contributed by atoms with Gasteiger partial charge in [-0.25, -0.2) is 0 Å². The lowest BCUT2D eigenvalue weighted by atomic mass is 9.91. The number of ketones is 1. The average molecular weight is 280 g/mol. The molecular weight excluding hydrogens is 260 g/mol. The Bertz CT molecular complexity index is 529. The summed E-state index contributed by atoms with van der Waals surface area (Å²) in [6.45, 7) is 6.53. The van der Waals surface area contributed by atoms with Gasteiger partial charge in [-0.2, -0.15) is 0 Å². The van der Waals surface area contributed by atoms with Crippen molar-refractivity contribution in [1.82, 2.24) is 0 Å². The Balaban J connectivity index is 1.99. The smallest absolute Gasteiger partial charge is 0.296 e. The van der Waals surface area contributed by atoms with Gasteiger partial charge in [-0.15, -0.1) is 0 Å². The molecule has 2 aliphatic rings. The molecule has 0 radical (unpaired) electrons. The standard InChI is InChI=1S/C15H20O5/c1-4-17-14-12-9(6-5-7-10(12)16)13(19-14)11-8-18-15(2,3)20-11/h11H,4-8H2,1-3H3/t11-/m0/s1. The van der Waals surface area contributed by atoms with E-state index in [-0.39, 0.29) is 11.9 Å². The summed E-state index contributed by atoms with van der Waals surface area (Å²) >= 11 is 0. The van der Waals surface area contributed by atoms with Crippen molar-refractivity contribution in [3.63, 3.8) is 0 Å². The Morgan fingerprint density at radius 3 is 2.80 bits per heavy atom. The highest BCUT2D eigenvalue weighted by Crippen LogP contribution is 2.42. The molecule has 5 nitrogen and oxygen atoms in total. The zero-order valence-corrected chi connectivity index (χ0v) is 12.2. The second kappa shape index (κ2) is 4.90. The lowest BCUT2D eigenvalue weighted by Gasteiger charge is -2.17. The van der Waals surface area contributed by atoms with Crippen LogP contribution in [0.1, 0.15) is 61.4 Å². The minimum atomic E-state index is -0.616. The average Bonchev–Trinajstić information content (AvgIpc) is 2.92. The van der Waals surface area contributed by atoms with Crippen LogP contribution >= 0.6 is 0 Å². The summed E-state index contributed by atoms with van der Waals surface area (Å²) in [5.41, 5.74) is 1.55. The van der Waals surface area contributed by atoms with Crippen molar-refractivity contribution in [3.8, 4) is 5.95 Å². The fourth-order valence-corrected chi connectivity index (χ4v) is 2.85. The number of hydrogen-bond donors (Lipinski definition) is 0. The maximum atomic E-state index is 12.1. The van der Waals surface area contributed by atoms with E-state index >= 15 is 0 Å². The number of carbonyl (C=O) groups excluding carboxylic acids is 1. The van der Waals surface area contributed by atoms with Gasteiger partial charge in [0, 0.05) is 12.0 Å². The highest BCUT2D eigenvalue weighted by molar-refractivity contribution is 6.00. The summed E-state index contributed by atoms with van der Waals surface area (Å²) in [5.74, 6) is 0.523. The molecule has 0 amide bonds. The third-order valence-corrected chi connectivity index (χ3v) is 3.69. The molecule has 1 aromatic rings. The first-order valence-corrected chi connectivity index (χ1v) is 7.15. The van der Waals surface area contributed by atoms with Gasteiger partial charge in [0.2, 0.25) is 0 Å². The number of Topliss-reactive ketones (excluding diaryl/α,β-unsaturated/α-hetero) is 1. The van der Waals surface area contributed by atoms with E-state index in [9.17, 15) is 4.79 Å². The Morgan fingerprint density at radius 2 is 2.15 bits per heavy atom. The Kier molecular flexibility index (Phi) is 3.34. The van der Waals surface area contributed by atoms with E-state index in [4.69, 9.17) is 18.6 Å². The largest absolute Gasteiger partial charge is 0.465 e. The molecule has 1 aliphatic heterocycles. The van der Waals surface area contributed by atoms with Gasteiger partial charge in [0.25, 0.3) is 5.95 Å². The van der Waals surface area contributed by atoms with E-state index in [1.807, 2.05) is 20.8 Å². The summed E-state index contributed by atoms with van der Waals surface area (Å²) in [6, 6.07) is 0. The van der Waals surface area contributed by atoms with E-state index in [2.05, 4.69) is 0 Å². The number of furan rings is 1. The van der Waals surface area contributed by atoms with E-state index in [0.717, 1.165) is 18.4 Å². The molecule has 0 N–H and O–H groups in total. The third-order valence-electron chi connectivity index (χ3n) is 3.69. The van der Waals surface area contributed by atoms with E-state index in [1.165, 1.54) is 0 Å². The molecule has 2 heterocycles. The molecule has 0 saturated carbocycles. The first kappa shape index (κ1) is 13.6. The van der Waals surface area contributed by atoms with E-state index < -0.39 is 5.79 Å². The maximum absolute atomic E-state index is 12.1. The second-order valence-corrected chi connectivity index (χ2v) is 5.63. The van der Waals surface area contributed by atoms with E-state index in [1.54, 1.807) is 0 Å². The summed E-state index contributed by atoms with van der Waals surface area (Å²) in [6.07, 6.45) is 1.96. The zero-order valence-electron chi connectivity index (χ0n) is 12.2. The third kappa shape index (κ3) is 2.25. The van der Waals surface area contributed by atoms with Crippen LogP contribution in [0, 0.1) is 0 Å². The van der Waals surface area contributed by atoms with Crippen LogP contribution < -0.4 is 4.74 Å². The van der Waals surface area contributed by atoms with Crippen LogP contribution in [0.5, 0.6) is 5.95 Å². The first-order valence-electron chi connectivity index (χ1n) is 7.15. The lowest BCUT2D eigenvalue weighted by Crippen LogP contribution is -2.20. The van der Waals surface area contributed by atoms with Gasteiger partial charge < -0.3 is 18.6 Å². The topological polar surface area (TPSA) is 57.9 Å². The number of carbonyl (C=O) groups is 1. The first-order chi connectivity index (χ1) is 9.52. The minimum absolute atomic E-state index is 0.0999. The van der Waals surface area contributed by atoms with Gasteiger partial charge in [-0.05, 0) is 33.6 Å². The van der Waals surface area contributed by atoms with Gasteiger partial charge in [0.15, 0.2) is 11.6 Å². The van der Waals surface area contributed by atoms with Gasteiger partial charge in [-0.3, -0.25) is 4.79 Å². The molecule has 110 valence electrons. The van der Waals surface area contributed by atoms with Crippen LogP contribution in [0.15, 0.2) is 4.42 Å². The highest BCUT2D eigenvalue weighted by atomic mass is 16.7. The van der Waals surface area contributed by atoms with Crippen LogP contribution in [0.4, 0.5) is 0 Å². The summed E-state index contributed by atoms with van der Waals surface area (Å²) < 4.78 is 22.7. The molecule has 20 heavy (non-hydrogen) atoms. The monoisotopic (exact) mass is 280 g/mol. The van der Waals surface area contributed by atoms with Crippen molar-refractivity contribution in [2.45, 2.75) is 51.9 Å². The fourth-order valence-electron chi connectivity index (χ4n) is 2.85. The van der Waals surface area contributed by atoms with Gasteiger partial charge in [0.1, 0.15) is 17.4 Å². The molecule has 0 spiro atoms. The normalized spacial score (nSPS) is 24.8. The SMILES string of the molecule is CCOc1oc([C@@H]2COC(C)(C)O2)c2c1C(=O)CCC2.